The lowest BCUT2D eigenvalue weighted by molar-refractivity contribution is 0.0939. The molecule has 0 unspecified atom stereocenters. The molecule has 1 saturated carbocycles. The zero-order chi connectivity index (χ0) is 25.7. The summed E-state index contributed by atoms with van der Waals surface area (Å²) in [7, 11) is 1.88. The Labute approximate surface area is 212 Å². The van der Waals surface area contributed by atoms with Gasteiger partial charge in [0.1, 0.15) is 11.3 Å². The molecule has 37 heavy (non-hydrogen) atoms. The Morgan fingerprint density at radius 2 is 2.05 bits per heavy atom. The first kappa shape index (κ1) is 22.7. The Hall–Kier alpha value is -4.71. The molecule has 0 radical (unpaired) electrons. The van der Waals surface area contributed by atoms with E-state index in [-0.39, 0.29) is 17.5 Å². The molecule has 1 fully saturated rings. The monoisotopic (exact) mass is 491 g/mol. The highest BCUT2D eigenvalue weighted by Crippen LogP contribution is 2.37. The van der Waals surface area contributed by atoms with E-state index in [1.165, 1.54) is 0 Å². The lowest BCUT2D eigenvalue weighted by Gasteiger charge is -2.21. The van der Waals surface area contributed by atoms with E-state index >= 15 is 0 Å². The molecular weight excluding hydrogens is 466 g/mol. The van der Waals surface area contributed by atoms with Gasteiger partial charge in [0.2, 0.25) is 0 Å². The van der Waals surface area contributed by atoms with Gasteiger partial charge in [0.05, 0.1) is 29.6 Å². The number of benzene rings is 1. The van der Waals surface area contributed by atoms with Crippen molar-refractivity contribution in [2.24, 2.45) is 7.05 Å². The van der Waals surface area contributed by atoms with Crippen LogP contribution in [-0.4, -0.2) is 34.6 Å². The molecule has 0 saturated heterocycles. The van der Waals surface area contributed by atoms with E-state index in [0.29, 0.717) is 27.9 Å². The summed E-state index contributed by atoms with van der Waals surface area (Å²) in [5, 5.41) is 8.86. The van der Waals surface area contributed by atoms with Crippen LogP contribution >= 0.6 is 0 Å². The van der Waals surface area contributed by atoms with Crippen LogP contribution in [-0.2, 0) is 7.05 Å². The number of hydrogen-bond acceptors (Lipinski definition) is 5. The first-order chi connectivity index (χ1) is 17.9. The fourth-order valence-electron chi connectivity index (χ4n) is 4.76. The van der Waals surface area contributed by atoms with Crippen molar-refractivity contribution in [2.45, 2.75) is 38.8 Å². The maximum absolute atomic E-state index is 13.9. The molecule has 6 rings (SSSR count). The Morgan fingerprint density at radius 1 is 1.22 bits per heavy atom. The summed E-state index contributed by atoms with van der Waals surface area (Å²) in [5.41, 5.74) is 3.66. The minimum atomic E-state index is -0.410. The number of amides is 1. The molecule has 1 atom stereocenters. The Kier molecular flexibility index (Phi) is 5.37. The van der Waals surface area contributed by atoms with Crippen molar-refractivity contribution in [3.05, 3.63) is 93.8 Å². The van der Waals surface area contributed by atoms with Gasteiger partial charge >= 0.3 is 0 Å². The molecule has 9 heteroatoms. The molecule has 4 aromatic heterocycles. The smallest absolute Gasteiger partial charge is 0.260 e. The second kappa shape index (κ2) is 8.75. The highest BCUT2D eigenvalue weighted by Gasteiger charge is 2.30. The molecule has 1 aliphatic rings. The summed E-state index contributed by atoms with van der Waals surface area (Å²) < 4.78 is 5.27. The van der Waals surface area contributed by atoms with Crippen molar-refractivity contribution in [3.8, 4) is 11.8 Å². The van der Waals surface area contributed by atoms with Gasteiger partial charge < -0.3 is 14.5 Å². The number of carbonyl (C=O) groups excluding carboxylic acids is 1. The number of imidazole rings is 1. The molecule has 1 aliphatic carbocycles. The van der Waals surface area contributed by atoms with E-state index in [0.717, 1.165) is 29.6 Å². The van der Waals surface area contributed by atoms with E-state index in [1.807, 2.05) is 47.4 Å². The summed E-state index contributed by atoms with van der Waals surface area (Å²) in [6.45, 7) is 3.69. The van der Waals surface area contributed by atoms with Gasteiger partial charge in [-0.1, -0.05) is 18.1 Å². The van der Waals surface area contributed by atoms with Gasteiger partial charge in [-0.2, -0.15) is 5.10 Å². The van der Waals surface area contributed by atoms with Gasteiger partial charge in [-0.05, 0) is 56.2 Å². The third-order valence-corrected chi connectivity index (χ3v) is 6.75. The van der Waals surface area contributed by atoms with Gasteiger partial charge in [0.25, 0.3) is 11.5 Å². The molecule has 1 amide bonds. The molecule has 184 valence electrons. The van der Waals surface area contributed by atoms with Crippen molar-refractivity contribution in [1.29, 1.82) is 0 Å². The average molecular weight is 492 g/mol. The summed E-state index contributed by atoms with van der Waals surface area (Å²) >= 11 is 0. The average Bonchev–Trinajstić information content (AvgIpc) is 3.54. The molecule has 0 bridgehead atoms. The maximum atomic E-state index is 13.9. The van der Waals surface area contributed by atoms with Crippen molar-refractivity contribution < 1.29 is 4.79 Å². The Balaban J connectivity index is 1.41. The van der Waals surface area contributed by atoms with Crippen LogP contribution in [0.1, 0.15) is 64.9 Å². The van der Waals surface area contributed by atoms with Crippen LogP contribution in [0, 0.1) is 18.8 Å². The maximum Gasteiger partial charge on any atom is 0.260 e. The lowest BCUT2D eigenvalue weighted by atomic mass is 10.0. The SMILES string of the molecule is Cc1nn2cccnc2c1C(=O)N[C@H](C)c1cc2cccc(C#Cc3cncn3C)c2c(=O)n1C1CC1. The first-order valence-corrected chi connectivity index (χ1v) is 12.2. The highest BCUT2D eigenvalue weighted by molar-refractivity contribution is 6.01. The number of fused-ring (bicyclic) bond motifs is 2. The van der Waals surface area contributed by atoms with Gasteiger partial charge in [-0.15, -0.1) is 0 Å². The van der Waals surface area contributed by atoms with Gasteiger partial charge in [-0.3, -0.25) is 9.59 Å². The summed E-state index contributed by atoms with van der Waals surface area (Å²) in [5.74, 6) is 6.02. The summed E-state index contributed by atoms with van der Waals surface area (Å²) in [6.07, 6.45) is 8.65. The highest BCUT2D eigenvalue weighted by atomic mass is 16.2. The van der Waals surface area contributed by atoms with Crippen LogP contribution in [0.3, 0.4) is 0 Å². The predicted molar refractivity (Wildman–Crippen MR) is 139 cm³/mol. The third-order valence-electron chi connectivity index (χ3n) is 6.75. The van der Waals surface area contributed by atoms with Crippen LogP contribution < -0.4 is 10.9 Å². The quantitative estimate of drug-likeness (QED) is 0.389. The molecule has 1 N–H and O–H groups in total. The molecule has 1 aromatic carbocycles. The number of aromatic nitrogens is 6. The van der Waals surface area contributed by atoms with Crippen molar-refractivity contribution in [2.75, 3.05) is 0 Å². The predicted octanol–water partition coefficient (Wildman–Crippen LogP) is 3.31. The number of hydrogen-bond donors (Lipinski definition) is 1. The lowest BCUT2D eigenvalue weighted by Crippen LogP contribution is -2.32. The largest absolute Gasteiger partial charge is 0.344 e. The standard InChI is InChI=1S/C28H25N7O2/c1-17(31-27(36)24-18(2)32-34-13-5-12-30-26(24)34)23-14-20-7-4-6-19(8-9-22-15-29-16-33(22)3)25(20)28(37)35(23)21-10-11-21/h4-7,12-17,21H,10-11H2,1-3H3,(H,31,36)/t17-/m1/s1. The molecule has 0 aliphatic heterocycles. The number of pyridine rings is 1. The Morgan fingerprint density at radius 3 is 2.81 bits per heavy atom. The van der Waals surface area contributed by atoms with E-state index < -0.39 is 6.04 Å². The topological polar surface area (TPSA) is 99.1 Å². The number of aryl methyl sites for hydroxylation is 2. The fraction of sp³-hybridized carbons (Fsp3) is 0.250. The van der Waals surface area contributed by atoms with Crippen LogP contribution in [0.4, 0.5) is 0 Å². The second-order valence-electron chi connectivity index (χ2n) is 9.43. The van der Waals surface area contributed by atoms with Crippen LogP contribution in [0.5, 0.6) is 0 Å². The van der Waals surface area contributed by atoms with Crippen LogP contribution in [0.2, 0.25) is 0 Å². The first-order valence-electron chi connectivity index (χ1n) is 12.2. The van der Waals surface area contributed by atoms with Gasteiger partial charge in [-0.25, -0.2) is 14.5 Å². The number of carbonyl (C=O) groups is 1. The number of nitrogens with one attached hydrogen (secondary N) is 1. The molecule has 0 spiro atoms. The van der Waals surface area contributed by atoms with E-state index in [9.17, 15) is 9.59 Å². The van der Waals surface area contributed by atoms with E-state index in [1.54, 1.807) is 42.4 Å². The zero-order valence-electron chi connectivity index (χ0n) is 20.8. The van der Waals surface area contributed by atoms with Crippen molar-refractivity contribution in [3.63, 3.8) is 0 Å². The van der Waals surface area contributed by atoms with Crippen LogP contribution in [0.15, 0.2) is 60.0 Å². The molecule has 5 aromatic rings. The zero-order valence-corrected chi connectivity index (χ0v) is 20.8. The van der Waals surface area contributed by atoms with Crippen LogP contribution in [0.25, 0.3) is 16.4 Å². The molecule has 4 heterocycles. The minimum Gasteiger partial charge on any atom is -0.344 e. The molecular formula is C28H25N7O2. The van der Waals surface area contributed by atoms with Crippen molar-refractivity contribution >= 4 is 22.3 Å². The van der Waals surface area contributed by atoms with E-state index in [2.05, 4.69) is 32.2 Å². The normalized spacial score (nSPS) is 13.9. The fourth-order valence-corrected chi connectivity index (χ4v) is 4.76. The molecule has 9 nitrogen and oxygen atoms in total. The number of rotatable bonds is 4. The van der Waals surface area contributed by atoms with E-state index in [4.69, 9.17) is 0 Å². The minimum absolute atomic E-state index is 0.0835. The van der Waals surface area contributed by atoms with Gasteiger partial charge in [0, 0.05) is 36.7 Å². The van der Waals surface area contributed by atoms with Crippen molar-refractivity contribution in [1.82, 2.24) is 34.0 Å². The number of nitrogens with zero attached hydrogens (tertiary/aromatic N) is 6. The summed E-state index contributed by atoms with van der Waals surface area (Å²) in [6, 6.07) is 9.16. The second-order valence-corrected chi connectivity index (χ2v) is 9.43. The Bertz CT molecular complexity index is 1810. The third kappa shape index (κ3) is 3.96. The van der Waals surface area contributed by atoms with Gasteiger partial charge in [0.15, 0.2) is 5.65 Å². The summed E-state index contributed by atoms with van der Waals surface area (Å²) in [4.78, 5) is 35.6.